The number of carboxylic acid groups (broad SMARTS) is 1. The molecule has 0 bridgehead atoms. The van der Waals surface area contributed by atoms with Gasteiger partial charge in [-0.25, -0.2) is 4.79 Å². The minimum absolute atomic E-state index is 0.0932. The van der Waals surface area contributed by atoms with Crippen molar-refractivity contribution in [2.45, 2.75) is 40.0 Å². The highest BCUT2D eigenvalue weighted by Crippen LogP contribution is 2.45. The van der Waals surface area contributed by atoms with Crippen LogP contribution in [-0.2, 0) is 4.79 Å². The fourth-order valence-corrected chi connectivity index (χ4v) is 3.83. The van der Waals surface area contributed by atoms with E-state index in [1.807, 2.05) is 26.0 Å². The van der Waals surface area contributed by atoms with Gasteiger partial charge in [0.1, 0.15) is 5.03 Å². The van der Waals surface area contributed by atoms with Crippen LogP contribution < -0.4 is 0 Å². The highest BCUT2D eigenvalue weighted by molar-refractivity contribution is 6.47. The summed E-state index contributed by atoms with van der Waals surface area (Å²) in [5.41, 5.74) is 5.68. The molecule has 2 rings (SSSR count). The van der Waals surface area contributed by atoms with Crippen molar-refractivity contribution in [3.8, 4) is 0 Å². The fraction of sp³-hybridized carbons (Fsp3) is 0.350. The lowest BCUT2D eigenvalue weighted by atomic mass is 9.75. The molecule has 2 nitrogen and oxygen atoms in total. The number of hydrogen-bond donors (Lipinski definition) is 1. The van der Waals surface area contributed by atoms with Crippen molar-refractivity contribution in [3.05, 3.63) is 68.3 Å². The summed E-state index contributed by atoms with van der Waals surface area (Å²) in [4.78, 5) is 11.3. The maximum atomic E-state index is 11.3. The van der Waals surface area contributed by atoms with Gasteiger partial charge in [-0.1, -0.05) is 70.3 Å². The molecule has 0 aromatic heterocycles. The molecule has 0 saturated carbocycles. The first-order valence-corrected chi connectivity index (χ1v) is 8.68. The second-order valence-corrected chi connectivity index (χ2v) is 7.27. The SMILES string of the molecule is CC1=CCC(C(/C(Cl)=C(\Cl)C(=O)O)c2ccc(C)cc2C)C(C)=C1. The first-order valence-electron chi connectivity index (χ1n) is 7.93. The van der Waals surface area contributed by atoms with Gasteiger partial charge in [0, 0.05) is 5.92 Å². The summed E-state index contributed by atoms with van der Waals surface area (Å²) in [6.45, 7) is 8.19. The van der Waals surface area contributed by atoms with Crippen molar-refractivity contribution in [1.29, 1.82) is 0 Å². The third kappa shape index (κ3) is 3.93. The first kappa shape index (κ1) is 18.8. The van der Waals surface area contributed by atoms with E-state index in [1.54, 1.807) is 0 Å². The quantitative estimate of drug-likeness (QED) is 0.657. The van der Waals surface area contributed by atoms with Crippen molar-refractivity contribution in [3.63, 3.8) is 0 Å². The molecule has 1 aliphatic carbocycles. The Morgan fingerprint density at radius 1 is 1.21 bits per heavy atom. The summed E-state index contributed by atoms with van der Waals surface area (Å²) < 4.78 is 0. The molecule has 128 valence electrons. The Balaban J connectivity index is 2.61. The Labute approximate surface area is 153 Å². The van der Waals surface area contributed by atoms with Gasteiger partial charge in [-0.2, -0.15) is 0 Å². The fourth-order valence-electron chi connectivity index (χ4n) is 3.37. The van der Waals surface area contributed by atoms with Crippen LogP contribution in [0.15, 0.2) is 51.6 Å². The predicted molar refractivity (Wildman–Crippen MR) is 101 cm³/mol. The molecule has 1 aromatic rings. The Kier molecular flexibility index (Phi) is 5.95. The molecule has 0 fully saturated rings. The number of rotatable bonds is 4. The van der Waals surface area contributed by atoms with E-state index in [1.165, 1.54) is 11.1 Å². The smallest absolute Gasteiger partial charge is 0.348 e. The van der Waals surface area contributed by atoms with E-state index in [9.17, 15) is 9.90 Å². The monoisotopic (exact) mass is 364 g/mol. The molecule has 0 radical (unpaired) electrons. The molecule has 1 aliphatic rings. The lowest BCUT2D eigenvalue weighted by molar-refractivity contribution is -0.131. The Morgan fingerprint density at radius 3 is 2.42 bits per heavy atom. The van der Waals surface area contributed by atoms with Crippen LogP contribution in [0.1, 0.15) is 42.9 Å². The zero-order chi connectivity index (χ0) is 18.0. The largest absolute Gasteiger partial charge is 0.477 e. The topological polar surface area (TPSA) is 37.3 Å². The molecule has 2 atom stereocenters. The highest BCUT2D eigenvalue weighted by atomic mass is 35.5. The van der Waals surface area contributed by atoms with E-state index in [2.05, 4.69) is 32.1 Å². The number of carbonyl (C=O) groups is 1. The summed E-state index contributed by atoms with van der Waals surface area (Å²) in [6.07, 6.45) is 5.10. The van der Waals surface area contributed by atoms with E-state index in [0.717, 1.165) is 23.1 Å². The number of aliphatic carboxylic acids is 1. The van der Waals surface area contributed by atoms with Gasteiger partial charge in [-0.05, 0) is 51.2 Å². The number of benzene rings is 1. The molecule has 1 N–H and O–H groups in total. The van der Waals surface area contributed by atoms with Crippen molar-refractivity contribution >= 4 is 29.2 Å². The summed E-state index contributed by atoms with van der Waals surface area (Å²) in [6, 6.07) is 6.14. The molecular weight excluding hydrogens is 343 g/mol. The van der Waals surface area contributed by atoms with Crippen LogP contribution in [0.25, 0.3) is 0 Å². The molecule has 2 unspecified atom stereocenters. The molecule has 0 aliphatic heterocycles. The van der Waals surface area contributed by atoms with Crippen LogP contribution >= 0.6 is 23.2 Å². The number of halogens is 2. The molecule has 4 heteroatoms. The molecule has 0 amide bonds. The summed E-state index contributed by atoms with van der Waals surface area (Å²) >= 11 is 12.5. The number of hydrogen-bond acceptors (Lipinski definition) is 1. The number of carboxylic acids is 1. The van der Waals surface area contributed by atoms with E-state index < -0.39 is 5.97 Å². The second-order valence-electron chi connectivity index (χ2n) is 6.48. The second kappa shape index (κ2) is 7.58. The van der Waals surface area contributed by atoms with E-state index in [0.29, 0.717) is 0 Å². The average molecular weight is 365 g/mol. The standard InChI is InChI=1S/C20H22Cl2O2/c1-11-5-7-15(13(3)9-11)17(18(21)19(22)20(23)24)16-8-6-12(2)10-14(16)4/h5-7,9-10,16-17H,8H2,1-4H3,(H,23,24)/b19-18+. The normalized spacial score (nSPS) is 20.0. The summed E-state index contributed by atoms with van der Waals surface area (Å²) in [5, 5.41) is 9.16. The zero-order valence-corrected chi connectivity index (χ0v) is 15.9. The maximum absolute atomic E-state index is 11.3. The van der Waals surface area contributed by atoms with E-state index in [4.69, 9.17) is 23.2 Å². The third-order valence-electron chi connectivity index (χ3n) is 4.57. The van der Waals surface area contributed by atoms with Crippen molar-refractivity contribution in [1.82, 2.24) is 0 Å². The van der Waals surface area contributed by atoms with Crippen LogP contribution in [0.5, 0.6) is 0 Å². The van der Waals surface area contributed by atoms with Crippen LogP contribution in [0.2, 0.25) is 0 Å². The lowest BCUT2D eigenvalue weighted by Gasteiger charge is -2.31. The van der Waals surface area contributed by atoms with Crippen LogP contribution in [0, 0.1) is 19.8 Å². The van der Waals surface area contributed by atoms with Gasteiger partial charge in [0.15, 0.2) is 0 Å². The van der Waals surface area contributed by atoms with Crippen LogP contribution in [0.4, 0.5) is 0 Å². The van der Waals surface area contributed by atoms with Crippen LogP contribution in [0.3, 0.4) is 0 Å². The Bertz CT molecular complexity index is 757. The molecule has 0 spiro atoms. The number of allylic oxidation sites excluding steroid dienone is 5. The third-order valence-corrected chi connectivity index (χ3v) is 5.45. The number of aryl methyl sites for hydroxylation is 2. The van der Waals surface area contributed by atoms with Crippen molar-refractivity contribution in [2.24, 2.45) is 5.92 Å². The van der Waals surface area contributed by atoms with Gasteiger partial charge in [0.05, 0.1) is 5.03 Å². The molecular formula is C20H22Cl2O2. The average Bonchev–Trinajstić information content (AvgIpc) is 2.50. The van der Waals surface area contributed by atoms with E-state index >= 15 is 0 Å². The summed E-state index contributed by atoms with van der Waals surface area (Å²) in [7, 11) is 0. The molecule has 0 heterocycles. The van der Waals surface area contributed by atoms with Gasteiger partial charge in [-0.15, -0.1) is 0 Å². The zero-order valence-electron chi connectivity index (χ0n) is 14.4. The molecule has 1 aromatic carbocycles. The minimum atomic E-state index is -1.19. The molecule has 24 heavy (non-hydrogen) atoms. The highest BCUT2D eigenvalue weighted by Gasteiger charge is 2.32. The first-order chi connectivity index (χ1) is 11.2. The van der Waals surface area contributed by atoms with Gasteiger partial charge >= 0.3 is 5.97 Å². The minimum Gasteiger partial charge on any atom is -0.477 e. The van der Waals surface area contributed by atoms with E-state index in [-0.39, 0.29) is 21.9 Å². The van der Waals surface area contributed by atoms with Crippen LogP contribution in [-0.4, -0.2) is 11.1 Å². The Hall–Kier alpha value is -1.51. The van der Waals surface area contributed by atoms with Gasteiger partial charge < -0.3 is 5.11 Å². The Morgan fingerprint density at radius 2 is 1.88 bits per heavy atom. The maximum Gasteiger partial charge on any atom is 0.348 e. The predicted octanol–water partition coefficient (Wildman–Crippen LogP) is 6.07. The van der Waals surface area contributed by atoms with Crippen molar-refractivity contribution < 1.29 is 9.90 Å². The lowest BCUT2D eigenvalue weighted by Crippen LogP contribution is -2.19. The summed E-state index contributed by atoms with van der Waals surface area (Å²) in [5.74, 6) is -1.37. The van der Waals surface area contributed by atoms with Gasteiger partial charge in [0.25, 0.3) is 0 Å². The van der Waals surface area contributed by atoms with Gasteiger partial charge in [0.2, 0.25) is 0 Å². The van der Waals surface area contributed by atoms with Gasteiger partial charge in [-0.3, -0.25) is 0 Å². The molecule has 0 saturated heterocycles. The van der Waals surface area contributed by atoms with Crippen molar-refractivity contribution in [2.75, 3.05) is 0 Å².